The Kier molecular flexibility index (Phi) is 59.9. The minimum absolute atomic E-state index is 0.101. The van der Waals surface area contributed by atoms with Crippen molar-refractivity contribution in [2.75, 3.05) is 13.2 Å². The molecule has 1 atom stereocenters. The van der Waals surface area contributed by atoms with Crippen molar-refractivity contribution in [1.82, 2.24) is 0 Å². The fourth-order valence-electron chi connectivity index (χ4n) is 8.17. The maximum absolute atomic E-state index is 12.9. The van der Waals surface area contributed by atoms with Gasteiger partial charge in [-0.15, -0.1) is 0 Å². The third kappa shape index (κ3) is 62.0. The second kappa shape index (κ2) is 63.8. The monoisotopic (exact) mass is 1060 g/mol. The van der Waals surface area contributed by atoms with Gasteiger partial charge in [0.2, 0.25) is 0 Å². The predicted octanol–water partition coefficient (Wildman–Crippen LogP) is 21.5. The minimum Gasteiger partial charge on any atom is -0.462 e. The quantitative estimate of drug-likeness (QED) is 0.0261. The second-order valence-corrected chi connectivity index (χ2v) is 20.2. The molecule has 0 fully saturated rings. The zero-order chi connectivity index (χ0) is 55.7. The van der Waals surface area contributed by atoms with E-state index in [1.54, 1.807) is 0 Å². The Labute approximate surface area is 474 Å². The van der Waals surface area contributed by atoms with Gasteiger partial charge in [0.1, 0.15) is 13.2 Å². The van der Waals surface area contributed by atoms with E-state index in [1.165, 1.54) is 70.6 Å². The fourth-order valence-corrected chi connectivity index (χ4v) is 8.17. The van der Waals surface area contributed by atoms with E-state index in [0.29, 0.717) is 19.3 Å². The van der Waals surface area contributed by atoms with Gasteiger partial charge in [0.15, 0.2) is 6.10 Å². The Bertz CT molecular complexity index is 1700. The Morgan fingerprint density at radius 3 is 0.818 bits per heavy atom. The van der Waals surface area contributed by atoms with E-state index >= 15 is 0 Å². The van der Waals surface area contributed by atoms with Crippen LogP contribution in [0.5, 0.6) is 0 Å². The van der Waals surface area contributed by atoms with Gasteiger partial charge in [-0.1, -0.05) is 250 Å². The van der Waals surface area contributed by atoms with E-state index in [4.69, 9.17) is 14.2 Å². The first-order valence-electron chi connectivity index (χ1n) is 31.3. The molecule has 0 aliphatic carbocycles. The first-order chi connectivity index (χ1) is 38.0. The van der Waals surface area contributed by atoms with Crippen molar-refractivity contribution < 1.29 is 28.6 Å². The van der Waals surface area contributed by atoms with Crippen molar-refractivity contribution in [1.29, 1.82) is 0 Å². The van der Waals surface area contributed by atoms with Gasteiger partial charge in [0, 0.05) is 19.3 Å². The van der Waals surface area contributed by atoms with Gasteiger partial charge >= 0.3 is 17.9 Å². The lowest BCUT2D eigenvalue weighted by Crippen LogP contribution is -2.30. The van der Waals surface area contributed by atoms with E-state index in [0.717, 1.165) is 154 Å². The number of hydrogen-bond acceptors (Lipinski definition) is 6. The summed E-state index contributed by atoms with van der Waals surface area (Å²) in [5.41, 5.74) is 0. The molecule has 0 spiro atoms. The summed E-state index contributed by atoms with van der Waals surface area (Å²) >= 11 is 0. The van der Waals surface area contributed by atoms with Crippen LogP contribution >= 0.6 is 0 Å². The van der Waals surface area contributed by atoms with Crippen LogP contribution in [0, 0.1) is 0 Å². The van der Waals surface area contributed by atoms with E-state index < -0.39 is 6.10 Å². The largest absolute Gasteiger partial charge is 0.462 e. The first-order valence-corrected chi connectivity index (χ1v) is 31.3. The standard InChI is InChI=1S/C71H114O6/c1-4-7-10-13-16-19-22-25-27-29-31-33-34-35-36-38-39-41-43-46-49-52-55-58-61-64-70(73)76-67-68(66-75-69(72)63-60-57-54-51-48-45-24-21-18-15-12-9-6-3)77-71(74)65-62-59-56-53-50-47-44-42-40-37-32-30-28-26-23-20-17-14-11-8-5-2/h7-8,10-11,16-17,19-21,24-28,31-33,35-37,39,41,46,49,68H,4-6,9,12-15,18,22-23,29-30,34,38,40,42-45,47-48,50-67H2,1-3H3/b10-7-,11-8-,19-16-,20-17-,24-21-,27-25-,28-26-,33-31-,36-35-,37-32-,41-39-,49-46-. The molecule has 0 amide bonds. The summed E-state index contributed by atoms with van der Waals surface area (Å²) in [7, 11) is 0. The summed E-state index contributed by atoms with van der Waals surface area (Å²) in [5.74, 6) is -0.953. The third-order valence-electron chi connectivity index (χ3n) is 12.8. The van der Waals surface area contributed by atoms with E-state index in [1.807, 2.05) is 0 Å². The highest BCUT2D eigenvalue weighted by atomic mass is 16.6. The first kappa shape index (κ1) is 72.3. The normalized spacial score (nSPS) is 13.1. The van der Waals surface area contributed by atoms with Gasteiger partial charge in [0.05, 0.1) is 0 Å². The molecule has 434 valence electrons. The summed E-state index contributed by atoms with van der Waals surface area (Å²) in [5, 5.41) is 0. The molecule has 0 aromatic heterocycles. The van der Waals surface area contributed by atoms with Crippen LogP contribution in [-0.4, -0.2) is 37.2 Å². The number of unbranched alkanes of at least 4 members (excludes halogenated alkanes) is 20. The summed E-state index contributed by atoms with van der Waals surface area (Å²) in [6.45, 7) is 6.36. The highest BCUT2D eigenvalue weighted by molar-refractivity contribution is 5.71. The SMILES string of the molecule is CC/C=C\C/C=C\C/C=C\C/C=C\C/C=C\C/C=C\C/C=C\CCCCCC(=O)OCC(COC(=O)CCCCCCC/C=C\CCCCCC)OC(=O)CCCCCCCCCC/C=C\C/C=C\C/C=C\C/C=C\CC. The van der Waals surface area contributed by atoms with Crippen LogP contribution in [-0.2, 0) is 28.6 Å². The average Bonchev–Trinajstić information content (AvgIpc) is 3.43. The maximum atomic E-state index is 12.9. The minimum atomic E-state index is -0.807. The highest BCUT2D eigenvalue weighted by Crippen LogP contribution is 2.14. The molecule has 0 aromatic carbocycles. The summed E-state index contributed by atoms with van der Waals surface area (Å²) in [6.07, 6.45) is 91.3. The van der Waals surface area contributed by atoms with Crippen LogP contribution < -0.4 is 0 Å². The van der Waals surface area contributed by atoms with Crippen molar-refractivity contribution in [3.8, 4) is 0 Å². The van der Waals surface area contributed by atoms with E-state index in [2.05, 4.69) is 167 Å². The molecule has 0 heterocycles. The Balaban J connectivity index is 4.46. The lowest BCUT2D eigenvalue weighted by atomic mass is 10.1. The zero-order valence-corrected chi connectivity index (χ0v) is 49.7. The van der Waals surface area contributed by atoms with Crippen molar-refractivity contribution in [3.63, 3.8) is 0 Å². The van der Waals surface area contributed by atoms with Crippen LogP contribution in [0.2, 0.25) is 0 Å². The second-order valence-electron chi connectivity index (χ2n) is 20.2. The fraction of sp³-hybridized carbons (Fsp3) is 0.620. The van der Waals surface area contributed by atoms with Crippen LogP contribution in [0.3, 0.4) is 0 Å². The van der Waals surface area contributed by atoms with Gasteiger partial charge in [-0.2, -0.15) is 0 Å². The molecule has 6 heteroatoms. The molecule has 0 aliphatic rings. The van der Waals surface area contributed by atoms with Crippen molar-refractivity contribution >= 4 is 17.9 Å². The predicted molar refractivity (Wildman–Crippen MR) is 334 cm³/mol. The topological polar surface area (TPSA) is 78.9 Å². The number of rotatable bonds is 55. The number of carbonyl (C=O) groups excluding carboxylic acids is 3. The molecule has 1 unspecified atom stereocenters. The van der Waals surface area contributed by atoms with Crippen molar-refractivity contribution in [2.45, 2.75) is 271 Å². The molecule has 0 radical (unpaired) electrons. The molecule has 77 heavy (non-hydrogen) atoms. The van der Waals surface area contributed by atoms with Crippen LogP contribution in [0.4, 0.5) is 0 Å². The third-order valence-corrected chi connectivity index (χ3v) is 12.8. The molecule has 0 aliphatic heterocycles. The molecule has 6 nitrogen and oxygen atoms in total. The zero-order valence-electron chi connectivity index (χ0n) is 49.7. The lowest BCUT2D eigenvalue weighted by Gasteiger charge is -2.18. The van der Waals surface area contributed by atoms with Gasteiger partial charge in [-0.3, -0.25) is 14.4 Å². The summed E-state index contributed by atoms with van der Waals surface area (Å²) in [6, 6.07) is 0. The van der Waals surface area contributed by atoms with Crippen molar-refractivity contribution in [2.24, 2.45) is 0 Å². The number of allylic oxidation sites excluding steroid dienone is 24. The maximum Gasteiger partial charge on any atom is 0.306 e. The molecule has 0 aromatic rings. The molecule has 0 bridgehead atoms. The van der Waals surface area contributed by atoms with Crippen LogP contribution in [0.25, 0.3) is 0 Å². The smallest absolute Gasteiger partial charge is 0.306 e. The number of esters is 3. The molecular weight excluding hydrogens is 949 g/mol. The average molecular weight is 1060 g/mol. The van der Waals surface area contributed by atoms with Gasteiger partial charge in [-0.05, 0) is 141 Å². The molecule has 0 saturated heterocycles. The summed E-state index contributed by atoms with van der Waals surface area (Å²) < 4.78 is 16.9. The van der Waals surface area contributed by atoms with Crippen molar-refractivity contribution in [3.05, 3.63) is 146 Å². The Morgan fingerprint density at radius 2 is 0.506 bits per heavy atom. The summed E-state index contributed by atoms with van der Waals surface area (Å²) in [4.78, 5) is 38.3. The van der Waals surface area contributed by atoms with Gasteiger partial charge < -0.3 is 14.2 Å². The van der Waals surface area contributed by atoms with Crippen LogP contribution in [0.1, 0.15) is 265 Å². The number of carbonyl (C=O) groups is 3. The molecule has 0 saturated carbocycles. The van der Waals surface area contributed by atoms with E-state index in [-0.39, 0.29) is 31.1 Å². The Morgan fingerprint density at radius 1 is 0.273 bits per heavy atom. The molecular formula is C71H114O6. The molecule has 0 rings (SSSR count). The van der Waals surface area contributed by atoms with Gasteiger partial charge in [-0.25, -0.2) is 0 Å². The highest BCUT2D eigenvalue weighted by Gasteiger charge is 2.19. The number of hydrogen-bond donors (Lipinski definition) is 0. The lowest BCUT2D eigenvalue weighted by molar-refractivity contribution is -0.167. The van der Waals surface area contributed by atoms with Crippen LogP contribution in [0.15, 0.2) is 146 Å². The van der Waals surface area contributed by atoms with Gasteiger partial charge in [0.25, 0.3) is 0 Å². The number of ether oxygens (including phenoxy) is 3. The molecule has 0 N–H and O–H groups in total. The Hall–Kier alpha value is -4.71. The van der Waals surface area contributed by atoms with E-state index in [9.17, 15) is 14.4 Å².